The molecule has 0 unspecified atom stereocenters. The molecule has 0 spiro atoms. The van der Waals surface area contributed by atoms with Gasteiger partial charge in [-0.3, -0.25) is 9.13 Å². The first-order valence-electron chi connectivity index (χ1n) is 10.9. The molecular formula is C19H24BrF3N6O10. The monoisotopic (exact) mass is 632 g/mol. The zero-order valence-electron chi connectivity index (χ0n) is 19.5. The molecule has 16 nitrogen and oxygen atoms in total. The molecule has 2 aliphatic rings. The Balaban J connectivity index is 0.000000218. The van der Waals surface area contributed by atoms with E-state index in [1.165, 1.54) is 6.20 Å². The molecule has 2 aromatic rings. The van der Waals surface area contributed by atoms with Gasteiger partial charge in [0.05, 0.1) is 17.7 Å². The summed E-state index contributed by atoms with van der Waals surface area (Å²) in [6, 6.07) is 0. The molecule has 0 aromatic carbocycles. The van der Waals surface area contributed by atoms with E-state index in [9.17, 15) is 43.2 Å². The lowest BCUT2D eigenvalue weighted by Crippen LogP contribution is -2.37. The molecule has 4 heterocycles. The van der Waals surface area contributed by atoms with Gasteiger partial charge in [0.2, 0.25) is 0 Å². The number of alkyl halides is 3. The summed E-state index contributed by atoms with van der Waals surface area (Å²) in [5.74, 6) is -0.988. The normalized spacial score (nSPS) is 30.7. The highest BCUT2D eigenvalue weighted by Crippen LogP contribution is 2.34. The topological polar surface area (TPSA) is 262 Å². The van der Waals surface area contributed by atoms with Crippen molar-refractivity contribution in [1.82, 2.24) is 19.1 Å². The van der Waals surface area contributed by atoms with Gasteiger partial charge in [-0.2, -0.15) is 23.1 Å². The highest BCUT2D eigenvalue weighted by molar-refractivity contribution is 9.10. The Kier molecular flexibility index (Phi) is 9.35. The molecule has 2 aliphatic heterocycles. The number of nitrogen functional groups attached to an aromatic ring is 2. The predicted molar refractivity (Wildman–Crippen MR) is 125 cm³/mol. The van der Waals surface area contributed by atoms with Gasteiger partial charge in [-0.15, -0.1) is 0 Å². The van der Waals surface area contributed by atoms with Crippen LogP contribution in [0.4, 0.5) is 24.8 Å². The largest absolute Gasteiger partial charge is 0.421 e. The number of nitrogens with two attached hydrogens (primary N) is 2. The Morgan fingerprint density at radius 3 is 1.62 bits per heavy atom. The summed E-state index contributed by atoms with van der Waals surface area (Å²) in [7, 11) is 0. The summed E-state index contributed by atoms with van der Waals surface area (Å²) in [6.07, 6.45) is -14.0. The number of aliphatic hydroxyl groups is 6. The smallest absolute Gasteiger partial charge is 0.394 e. The van der Waals surface area contributed by atoms with Crippen LogP contribution in [0.3, 0.4) is 0 Å². The lowest BCUT2D eigenvalue weighted by Gasteiger charge is -2.19. The Hall–Kier alpha value is -2.69. The first kappa shape index (κ1) is 30.8. The van der Waals surface area contributed by atoms with Crippen molar-refractivity contribution >= 4 is 27.6 Å². The second-order valence-corrected chi connectivity index (χ2v) is 9.20. The minimum atomic E-state index is -4.86. The maximum Gasteiger partial charge on any atom is 0.421 e. The van der Waals surface area contributed by atoms with Crippen molar-refractivity contribution in [3.8, 4) is 0 Å². The van der Waals surface area contributed by atoms with E-state index in [4.69, 9.17) is 31.2 Å². The van der Waals surface area contributed by atoms with Crippen molar-refractivity contribution < 1.29 is 53.3 Å². The van der Waals surface area contributed by atoms with Crippen molar-refractivity contribution in [3.05, 3.63) is 43.4 Å². The molecule has 8 atom stereocenters. The Morgan fingerprint density at radius 2 is 1.23 bits per heavy atom. The zero-order valence-corrected chi connectivity index (χ0v) is 21.0. The van der Waals surface area contributed by atoms with Crippen molar-refractivity contribution in [1.29, 1.82) is 0 Å². The molecule has 0 saturated carbocycles. The second-order valence-electron chi connectivity index (χ2n) is 8.35. The third-order valence-corrected chi connectivity index (χ3v) is 6.41. The Bertz CT molecular complexity index is 1300. The fraction of sp³-hybridized carbons (Fsp3) is 0.579. The van der Waals surface area contributed by atoms with Gasteiger partial charge >= 0.3 is 17.6 Å². The average Bonchev–Trinajstić information content (AvgIpc) is 3.30. The highest BCUT2D eigenvalue weighted by Gasteiger charge is 2.45. The molecule has 2 saturated heterocycles. The molecule has 2 fully saturated rings. The molecule has 39 heavy (non-hydrogen) atoms. The van der Waals surface area contributed by atoms with Crippen molar-refractivity contribution in [3.63, 3.8) is 0 Å². The lowest BCUT2D eigenvalue weighted by atomic mass is 10.1. The molecule has 218 valence electrons. The van der Waals surface area contributed by atoms with Crippen LogP contribution in [0.1, 0.15) is 18.0 Å². The molecule has 0 aliphatic carbocycles. The van der Waals surface area contributed by atoms with Crippen LogP contribution in [0.25, 0.3) is 0 Å². The first-order valence-corrected chi connectivity index (χ1v) is 11.7. The van der Waals surface area contributed by atoms with Gasteiger partial charge in [0.15, 0.2) is 12.5 Å². The first-order chi connectivity index (χ1) is 18.1. The highest BCUT2D eigenvalue weighted by atomic mass is 79.9. The molecule has 4 rings (SSSR count). The summed E-state index contributed by atoms with van der Waals surface area (Å²) in [4.78, 5) is 29.8. The number of ether oxygens (including phenoxy) is 2. The Morgan fingerprint density at radius 1 is 0.821 bits per heavy atom. The number of rotatable bonds is 4. The fourth-order valence-electron chi connectivity index (χ4n) is 3.74. The summed E-state index contributed by atoms with van der Waals surface area (Å²) >= 11 is 3.10. The van der Waals surface area contributed by atoms with Crippen LogP contribution in [0.15, 0.2) is 26.5 Å². The maximum absolute atomic E-state index is 12.7. The van der Waals surface area contributed by atoms with Crippen LogP contribution in [-0.4, -0.2) is 99.6 Å². The van der Waals surface area contributed by atoms with Gasteiger partial charge in [-0.25, -0.2) is 9.59 Å². The summed E-state index contributed by atoms with van der Waals surface area (Å²) in [5, 5.41) is 56.5. The average molecular weight is 633 g/mol. The predicted octanol–water partition coefficient (Wildman–Crippen LogP) is -3.34. The van der Waals surface area contributed by atoms with E-state index in [0.29, 0.717) is 15.2 Å². The number of halogens is 4. The van der Waals surface area contributed by atoms with Crippen LogP contribution >= 0.6 is 15.9 Å². The summed E-state index contributed by atoms with van der Waals surface area (Å²) < 4.78 is 50.1. The quantitative estimate of drug-likeness (QED) is 0.164. The van der Waals surface area contributed by atoms with E-state index in [2.05, 4.69) is 25.9 Å². The van der Waals surface area contributed by atoms with Crippen LogP contribution in [0.2, 0.25) is 0 Å². The second kappa shape index (κ2) is 11.8. The van der Waals surface area contributed by atoms with Gasteiger partial charge in [0.1, 0.15) is 53.8 Å². The van der Waals surface area contributed by atoms with Crippen LogP contribution in [0, 0.1) is 0 Å². The van der Waals surface area contributed by atoms with Crippen molar-refractivity contribution in [2.24, 2.45) is 0 Å². The minimum absolute atomic E-state index is 0.0167. The van der Waals surface area contributed by atoms with Crippen LogP contribution in [-0.2, 0) is 15.7 Å². The zero-order chi connectivity index (χ0) is 29.4. The molecule has 2 aromatic heterocycles. The SMILES string of the molecule is Nc1nc(=O)n([C@@H]2O[C@H](CO)[C@@H](O)[C@H]2O)cc1Br.Nc1nc(=O)n([C@@H]2O[C@H](CO)[C@@H](O)[C@H]2O)cc1C(F)(F)F. The molecular weight excluding hydrogens is 609 g/mol. The van der Waals surface area contributed by atoms with Crippen molar-refractivity contribution in [2.75, 3.05) is 24.7 Å². The molecule has 20 heteroatoms. The number of anilines is 2. The van der Waals surface area contributed by atoms with E-state index in [0.717, 1.165) is 4.57 Å². The van der Waals surface area contributed by atoms with Crippen LogP contribution in [0.5, 0.6) is 0 Å². The maximum atomic E-state index is 12.7. The number of nitrogens with zero attached hydrogens (tertiary/aromatic N) is 4. The number of aliphatic hydroxyl groups excluding tert-OH is 6. The van der Waals surface area contributed by atoms with E-state index in [1.54, 1.807) is 0 Å². The van der Waals surface area contributed by atoms with Gasteiger partial charge in [-0.05, 0) is 15.9 Å². The van der Waals surface area contributed by atoms with E-state index in [-0.39, 0.29) is 5.82 Å². The number of aromatic nitrogens is 4. The van der Waals surface area contributed by atoms with Crippen molar-refractivity contribution in [2.45, 2.75) is 55.3 Å². The Labute approximate surface area is 223 Å². The van der Waals surface area contributed by atoms with Gasteiger partial charge in [-0.1, -0.05) is 0 Å². The van der Waals surface area contributed by atoms with E-state index < -0.39 is 91.2 Å². The van der Waals surface area contributed by atoms with Gasteiger partial charge in [0, 0.05) is 12.4 Å². The molecule has 0 radical (unpaired) electrons. The van der Waals surface area contributed by atoms with E-state index in [1.807, 2.05) is 0 Å². The third kappa shape index (κ3) is 6.23. The van der Waals surface area contributed by atoms with Crippen LogP contribution < -0.4 is 22.8 Å². The molecule has 0 bridgehead atoms. The third-order valence-electron chi connectivity index (χ3n) is 5.80. The molecule has 10 N–H and O–H groups in total. The standard InChI is InChI=1S/C10H12F3N3O5.C9H12BrN3O5/c11-10(12,13)3-1-16(9(20)15-7(3)14)8-6(19)5(18)4(2-17)21-8;10-3-1-13(9(17)12-7(3)11)8-6(16)5(15)4(2-14)18-8/h1,4-6,8,17-19H,2H2,(H2,14,15,20);1,4-6,8,14-16H,2H2,(H2,11,12,17)/t2*4-,5-,6-,8-/m11/s1. The van der Waals surface area contributed by atoms with Gasteiger partial charge < -0.3 is 51.6 Å². The number of hydrogen-bond acceptors (Lipinski definition) is 14. The fourth-order valence-corrected chi connectivity index (χ4v) is 4.05. The molecule has 0 amide bonds. The van der Waals surface area contributed by atoms with Gasteiger partial charge in [0.25, 0.3) is 0 Å². The lowest BCUT2D eigenvalue weighted by molar-refractivity contribution is -0.138. The summed E-state index contributed by atoms with van der Waals surface area (Å²) in [5.41, 5.74) is 7.22. The summed E-state index contributed by atoms with van der Waals surface area (Å²) in [6.45, 7) is -1.15. The van der Waals surface area contributed by atoms with E-state index >= 15 is 0 Å². The minimum Gasteiger partial charge on any atom is -0.394 e. The number of hydrogen-bond donors (Lipinski definition) is 8.